The molecule has 4 nitrogen and oxygen atoms in total. The van der Waals surface area contributed by atoms with E-state index < -0.39 is 42.5 Å². The molecule has 0 rings (SSSR count). The number of carbonyl (C=O) groups excluding carboxylic acids is 1. The molecule has 0 heterocycles. The lowest BCUT2D eigenvalue weighted by Gasteiger charge is -2.31. The van der Waals surface area contributed by atoms with Gasteiger partial charge in [0.25, 0.3) is 0 Å². The molecule has 0 aliphatic rings. The van der Waals surface area contributed by atoms with Crippen LogP contribution in [0.15, 0.2) is 0 Å². The quantitative estimate of drug-likeness (QED) is 0.832. The summed E-state index contributed by atoms with van der Waals surface area (Å²) in [5.74, 6) is -4.01. The third-order valence-corrected chi connectivity index (χ3v) is 2.79. The second-order valence-electron chi connectivity index (χ2n) is 4.59. The van der Waals surface area contributed by atoms with Crippen LogP contribution >= 0.6 is 0 Å². The molecule has 2 unspecified atom stereocenters. The average Bonchev–Trinajstić information content (AvgIpc) is 2.21. The molecule has 1 amide bonds. The van der Waals surface area contributed by atoms with Crippen molar-refractivity contribution in [2.45, 2.75) is 39.9 Å². The Kier molecular flexibility index (Phi) is 5.63. The van der Waals surface area contributed by atoms with Gasteiger partial charge in [-0.15, -0.1) is 0 Å². The summed E-state index contributed by atoms with van der Waals surface area (Å²) in [6, 6.07) is -0.637. The van der Waals surface area contributed by atoms with Crippen LogP contribution in [-0.2, 0) is 9.59 Å². The molecular formula is C11H18F3NO3. The highest BCUT2D eigenvalue weighted by Gasteiger charge is 2.37. The third kappa shape index (κ3) is 4.93. The van der Waals surface area contributed by atoms with E-state index >= 15 is 0 Å². The number of amides is 1. The van der Waals surface area contributed by atoms with Crippen molar-refractivity contribution in [3.05, 3.63) is 0 Å². The number of aliphatic carboxylic acids is 1. The molecule has 18 heavy (non-hydrogen) atoms. The van der Waals surface area contributed by atoms with Crippen LogP contribution in [-0.4, -0.2) is 40.6 Å². The molecule has 0 aromatic heterocycles. The normalized spacial score (nSPS) is 15.3. The summed E-state index contributed by atoms with van der Waals surface area (Å²) in [6.07, 6.45) is -4.49. The standard InChI is InChI=1S/C11H18F3NO3/c1-6(2)15(5-11(12,13)14)9(16)7(3)8(4)10(17)18/h6-8H,5H2,1-4H3,(H,17,18). The monoisotopic (exact) mass is 269 g/mol. The van der Waals surface area contributed by atoms with Crippen molar-refractivity contribution in [3.8, 4) is 0 Å². The molecule has 0 bridgehead atoms. The number of nitrogens with zero attached hydrogens (tertiary/aromatic N) is 1. The lowest BCUT2D eigenvalue weighted by atomic mass is 9.94. The van der Waals surface area contributed by atoms with E-state index in [1.165, 1.54) is 27.7 Å². The first-order valence-corrected chi connectivity index (χ1v) is 5.57. The number of carboxylic acids is 1. The van der Waals surface area contributed by atoms with Gasteiger partial charge >= 0.3 is 12.1 Å². The van der Waals surface area contributed by atoms with E-state index in [2.05, 4.69) is 0 Å². The highest BCUT2D eigenvalue weighted by molar-refractivity contribution is 5.84. The Labute approximate surface area is 104 Å². The van der Waals surface area contributed by atoms with Crippen LogP contribution in [0, 0.1) is 11.8 Å². The predicted octanol–water partition coefficient (Wildman–Crippen LogP) is 2.14. The summed E-state index contributed by atoms with van der Waals surface area (Å²) in [6.45, 7) is 4.19. The number of hydrogen-bond donors (Lipinski definition) is 1. The fraction of sp³-hybridized carbons (Fsp3) is 0.818. The molecule has 0 saturated heterocycles. The highest BCUT2D eigenvalue weighted by Crippen LogP contribution is 2.22. The summed E-state index contributed by atoms with van der Waals surface area (Å²) < 4.78 is 37.0. The van der Waals surface area contributed by atoms with Crippen LogP contribution < -0.4 is 0 Å². The van der Waals surface area contributed by atoms with E-state index in [-0.39, 0.29) is 0 Å². The van der Waals surface area contributed by atoms with Crippen molar-refractivity contribution in [1.29, 1.82) is 0 Å². The molecule has 0 aliphatic heterocycles. The Bertz CT molecular complexity index is 315. The average molecular weight is 269 g/mol. The largest absolute Gasteiger partial charge is 0.481 e. The minimum absolute atomic E-state index is 0.637. The zero-order valence-electron chi connectivity index (χ0n) is 10.8. The summed E-state index contributed by atoms with van der Waals surface area (Å²) in [5.41, 5.74) is 0. The van der Waals surface area contributed by atoms with Gasteiger partial charge in [0.1, 0.15) is 6.54 Å². The third-order valence-electron chi connectivity index (χ3n) is 2.79. The van der Waals surface area contributed by atoms with Gasteiger partial charge in [0.2, 0.25) is 5.91 Å². The number of carbonyl (C=O) groups is 2. The first kappa shape index (κ1) is 16.7. The maximum atomic E-state index is 12.3. The SMILES string of the molecule is CC(C(=O)O)C(C)C(=O)N(CC(F)(F)F)C(C)C. The number of carboxylic acid groups (broad SMARTS) is 1. The van der Waals surface area contributed by atoms with Crippen molar-refractivity contribution in [2.75, 3.05) is 6.54 Å². The molecule has 106 valence electrons. The van der Waals surface area contributed by atoms with E-state index in [1.54, 1.807) is 0 Å². The van der Waals surface area contributed by atoms with Crippen LogP contribution in [0.1, 0.15) is 27.7 Å². The summed E-state index contributed by atoms with van der Waals surface area (Å²) in [4.78, 5) is 23.3. The van der Waals surface area contributed by atoms with Crippen molar-refractivity contribution >= 4 is 11.9 Å². The van der Waals surface area contributed by atoms with Crippen molar-refractivity contribution < 1.29 is 27.9 Å². The minimum Gasteiger partial charge on any atom is -0.481 e. The topological polar surface area (TPSA) is 57.6 Å². The first-order valence-electron chi connectivity index (χ1n) is 5.57. The van der Waals surface area contributed by atoms with E-state index in [9.17, 15) is 22.8 Å². The van der Waals surface area contributed by atoms with Crippen LogP contribution in [0.4, 0.5) is 13.2 Å². The van der Waals surface area contributed by atoms with Crippen molar-refractivity contribution in [3.63, 3.8) is 0 Å². The number of alkyl halides is 3. The molecule has 7 heteroatoms. The van der Waals surface area contributed by atoms with Crippen LogP contribution in [0.3, 0.4) is 0 Å². The Morgan fingerprint density at radius 3 is 1.83 bits per heavy atom. The molecule has 0 spiro atoms. The summed E-state index contributed by atoms with van der Waals surface area (Å²) in [7, 11) is 0. The Balaban J connectivity index is 4.93. The van der Waals surface area contributed by atoms with Gasteiger partial charge in [0, 0.05) is 12.0 Å². The predicted molar refractivity (Wildman–Crippen MR) is 58.9 cm³/mol. The Morgan fingerprint density at radius 2 is 1.56 bits per heavy atom. The number of halogens is 3. The Morgan fingerprint density at radius 1 is 1.11 bits per heavy atom. The highest BCUT2D eigenvalue weighted by atomic mass is 19.4. The molecule has 0 aliphatic carbocycles. The zero-order chi connectivity index (χ0) is 14.7. The first-order chi connectivity index (χ1) is 7.97. The fourth-order valence-electron chi connectivity index (χ4n) is 1.40. The van der Waals surface area contributed by atoms with Gasteiger partial charge in [-0.25, -0.2) is 0 Å². The molecule has 0 aromatic rings. The molecule has 0 radical (unpaired) electrons. The maximum absolute atomic E-state index is 12.3. The van der Waals surface area contributed by atoms with Gasteiger partial charge in [0.05, 0.1) is 5.92 Å². The molecular weight excluding hydrogens is 251 g/mol. The smallest absolute Gasteiger partial charge is 0.406 e. The molecule has 0 saturated carbocycles. The number of hydrogen-bond acceptors (Lipinski definition) is 2. The lowest BCUT2D eigenvalue weighted by Crippen LogP contribution is -2.47. The van der Waals surface area contributed by atoms with Gasteiger partial charge in [-0.05, 0) is 13.8 Å². The van der Waals surface area contributed by atoms with Gasteiger partial charge in [-0.3, -0.25) is 9.59 Å². The molecule has 0 aromatic carbocycles. The van der Waals surface area contributed by atoms with Crippen molar-refractivity contribution in [2.24, 2.45) is 11.8 Å². The zero-order valence-corrected chi connectivity index (χ0v) is 10.8. The molecule has 0 fully saturated rings. The van der Waals surface area contributed by atoms with Crippen LogP contribution in [0.2, 0.25) is 0 Å². The second-order valence-corrected chi connectivity index (χ2v) is 4.59. The minimum atomic E-state index is -4.49. The second kappa shape index (κ2) is 6.06. The van der Waals surface area contributed by atoms with Gasteiger partial charge in [-0.2, -0.15) is 13.2 Å². The molecule has 1 N–H and O–H groups in total. The van der Waals surface area contributed by atoms with Gasteiger partial charge < -0.3 is 10.0 Å². The lowest BCUT2D eigenvalue weighted by molar-refractivity contribution is -0.169. The number of rotatable bonds is 5. The van der Waals surface area contributed by atoms with E-state index in [0.29, 0.717) is 4.90 Å². The molecule has 2 atom stereocenters. The van der Waals surface area contributed by atoms with Crippen LogP contribution in [0.25, 0.3) is 0 Å². The van der Waals surface area contributed by atoms with Gasteiger partial charge in [0.15, 0.2) is 0 Å². The van der Waals surface area contributed by atoms with Crippen LogP contribution in [0.5, 0.6) is 0 Å². The van der Waals surface area contributed by atoms with Crippen molar-refractivity contribution in [1.82, 2.24) is 4.90 Å². The Hall–Kier alpha value is -1.27. The van der Waals surface area contributed by atoms with E-state index in [1.807, 2.05) is 0 Å². The van der Waals surface area contributed by atoms with Gasteiger partial charge in [-0.1, -0.05) is 13.8 Å². The summed E-state index contributed by atoms with van der Waals surface area (Å²) >= 11 is 0. The maximum Gasteiger partial charge on any atom is 0.406 e. The van der Waals surface area contributed by atoms with E-state index in [4.69, 9.17) is 5.11 Å². The van der Waals surface area contributed by atoms with E-state index in [0.717, 1.165) is 0 Å². The fourth-order valence-corrected chi connectivity index (χ4v) is 1.40. The summed E-state index contributed by atoms with van der Waals surface area (Å²) in [5, 5.41) is 8.76.